The number of para-hydroxylation sites is 1. The molecule has 0 saturated carbocycles. The van der Waals surface area contributed by atoms with Gasteiger partial charge in [-0.1, -0.05) is 62.4 Å². The lowest BCUT2D eigenvalue weighted by Crippen LogP contribution is -2.57. The molecule has 4 aromatic rings. The predicted molar refractivity (Wildman–Crippen MR) is 152 cm³/mol. The number of fused-ring (bicyclic) bond motifs is 7. The zero-order valence-corrected chi connectivity index (χ0v) is 22.7. The normalized spacial score (nSPS) is 18.2. The number of hydrogen-bond donors (Lipinski definition) is 3. The average molecular weight is 537 g/mol. The van der Waals surface area contributed by atoms with E-state index in [2.05, 4.69) is 15.6 Å². The Kier molecular flexibility index (Phi) is 6.54. The number of carbonyl (C=O) groups excluding carboxylic acids is 3. The lowest BCUT2D eigenvalue weighted by molar-refractivity contribution is -0.133. The van der Waals surface area contributed by atoms with Crippen molar-refractivity contribution in [2.24, 2.45) is 5.92 Å². The summed E-state index contributed by atoms with van der Waals surface area (Å²) >= 11 is 0. The smallest absolute Gasteiger partial charge is 0.255 e. The van der Waals surface area contributed by atoms with Gasteiger partial charge in [-0.05, 0) is 46.9 Å². The minimum Gasteiger partial charge on any atom is -0.497 e. The minimum atomic E-state index is -0.757. The van der Waals surface area contributed by atoms with Crippen molar-refractivity contribution in [3.8, 4) is 5.75 Å². The highest BCUT2D eigenvalue weighted by Gasteiger charge is 2.49. The molecular weight excluding hydrogens is 504 g/mol. The van der Waals surface area contributed by atoms with Crippen LogP contribution in [0.3, 0.4) is 0 Å². The fourth-order valence-electron chi connectivity index (χ4n) is 5.96. The number of nitrogens with one attached hydrogen (secondary N) is 3. The van der Waals surface area contributed by atoms with Crippen LogP contribution in [-0.4, -0.2) is 46.8 Å². The van der Waals surface area contributed by atoms with Crippen LogP contribution >= 0.6 is 0 Å². The molecule has 2 aliphatic heterocycles. The Balaban J connectivity index is 1.28. The summed E-state index contributed by atoms with van der Waals surface area (Å²) in [6.45, 7) is 4.12. The molecule has 0 aliphatic carbocycles. The summed E-state index contributed by atoms with van der Waals surface area (Å²) in [5.74, 6) is -0.190. The van der Waals surface area contributed by atoms with Crippen molar-refractivity contribution in [1.82, 2.24) is 20.5 Å². The van der Waals surface area contributed by atoms with Gasteiger partial charge in [0.15, 0.2) is 0 Å². The van der Waals surface area contributed by atoms with Crippen LogP contribution in [0.5, 0.6) is 5.75 Å². The Morgan fingerprint density at radius 3 is 2.50 bits per heavy atom. The van der Waals surface area contributed by atoms with E-state index in [1.807, 2.05) is 86.6 Å². The number of aromatic amines is 1. The predicted octanol–water partition coefficient (Wildman–Crippen LogP) is 4.10. The van der Waals surface area contributed by atoms with Gasteiger partial charge in [-0.25, -0.2) is 0 Å². The molecule has 3 N–H and O–H groups in total. The van der Waals surface area contributed by atoms with Gasteiger partial charge >= 0.3 is 0 Å². The molecule has 3 heterocycles. The van der Waals surface area contributed by atoms with E-state index < -0.39 is 18.1 Å². The maximum Gasteiger partial charge on any atom is 0.255 e. The third-order valence-corrected chi connectivity index (χ3v) is 8.03. The van der Waals surface area contributed by atoms with Crippen molar-refractivity contribution in [2.45, 2.75) is 44.9 Å². The molecule has 3 atom stereocenters. The van der Waals surface area contributed by atoms with E-state index in [-0.39, 0.29) is 23.6 Å². The van der Waals surface area contributed by atoms with Gasteiger partial charge in [0.25, 0.3) is 5.91 Å². The lowest BCUT2D eigenvalue weighted by Gasteiger charge is -2.38. The summed E-state index contributed by atoms with van der Waals surface area (Å²) < 4.78 is 5.20. The van der Waals surface area contributed by atoms with Gasteiger partial charge in [-0.15, -0.1) is 0 Å². The molecule has 0 saturated heterocycles. The first-order chi connectivity index (χ1) is 19.4. The maximum absolute atomic E-state index is 14.0. The number of H-pyrrole nitrogens is 1. The van der Waals surface area contributed by atoms with Gasteiger partial charge < -0.3 is 25.3 Å². The van der Waals surface area contributed by atoms with Gasteiger partial charge in [-0.2, -0.15) is 0 Å². The van der Waals surface area contributed by atoms with Crippen LogP contribution in [0.15, 0.2) is 72.8 Å². The molecule has 0 fully saturated rings. The monoisotopic (exact) mass is 536 g/mol. The second kappa shape index (κ2) is 10.2. The van der Waals surface area contributed by atoms with Crippen molar-refractivity contribution < 1.29 is 19.1 Å². The minimum absolute atomic E-state index is 0.158. The molecule has 0 radical (unpaired) electrons. The van der Waals surface area contributed by atoms with Gasteiger partial charge in [0.05, 0.1) is 13.2 Å². The van der Waals surface area contributed by atoms with Gasteiger partial charge in [0.1, 0.15) is 17.8 Å². The van der Waals surface area contributed by atoms with Crippen LogP contribution in [0.25, 0.3) is 10.9 Å². The first-order valence-corrected chi connectivity index (χ1v) is 13.6. The van der Waals surface area contributed by atoms with E-state index in [0.29, 0.717) is 18.5 Å². The molecule has 1 aromatic heterocycles. The lowest BCUT2D eigenvalue weighted by atomic mass is 9.89. The molecule has 40 heavy (non-hydrogen) atoms. The molecule has 8 nitrogen and oxygen atoms in total. The number of aromatic nitrogens is 1. The van der Waals surface area contributed by atoms with Crippen LogP contribution in [0.2, 0.25) is 0 Å². The second-order valence-corrected chi connectivity index (χ2v) is 10.8. The van der Waals surface area contributed by atoms with Crippen molar-refractivity contribution in [3.63, 3.8) is 0 Å². The fourth-order valence-corrected chi connectivity index (χ4v) is 5.96. The maximum atomic E-state index is 14.0. The number of methoxy groups -OCH3 is 1. The van der Waals surface area contributed by atoms with Crippen LogP contribution in [-0.2, 0) is 22.6 Å². The molecule has 0 spiro atoms. The first-order valence-electron chi connectivity index (χ1n) is 13.6. The van der Waals surface area contributed by atoms with Crippen molar-refractivity contribution in [1.29, 1.82) is 0 Å². The molecule has 0 bridgehead atoms. The third kappa shape index (κ3) is 4.29. The largest absolute Gasteiger partial charge is 0.497 e. The van der Waals surface area contributed by atoms with Crippen LogP contribution < -0.4 is 15.4 Å². The van der Waals surface area contributed by atoms with Crippen molar-refractivity contribution in [3.05, 3.63) is 101 Å². The molecule has 6 rings (SSSR count). The van der Waals surface area contributed by atoms with Crippen LogP contribution in [0, 0.1) is 5.92 Å². The number of hydrogen-bond acceptors (Lipinski definition) is 4. The highest BCUT2D eigenvalue weighted by Crippen LogP contribution is 2.46. The van der Waals surface area contributed by atoms with Crippen LogP contribution in [0.4, 0.5) is 0 Å². The zero-order valence-electron chi connectivity index (χ0n) is 22.7. The summed E-state index contributed by atoms with van der Waals surface area (Å²) in [5.41, 5.74) is 5.37. The van der Waals surface area contributed by atoms with E-state index in [9.17, 15) is 14.4 Å². The summed E-state index contributed by atoms with van der Waals surface area (Å²) in [4.78, 5) is 46.1. The van der Waals surface area contributed by atoms with Gasteiger partial charge in [0.2, 0.25) is 11.8 Å². The summed E-state index contributed by atoms with van der Waals surface area (Å²) in [6, 6.07) is 21.1. The number of amides is 3. The zero-order chi connectivity index (χ0) is 28.0. The summed E-state index contributed by atoms with van der Waals surface area (Å²) in [5, 5.41) is 6.99. The molecule has 3 aromatic carbocycles. The summed E-state index contributed by atoms with van der Waals surface area (Å²) in [7, 11) is 1.61. The Morgan fingerprint density at radius 2 is 1.75 bits per heavy atom. The van der Waals surface area contributed by atoms with Gasteiger partial charge in [0, 0.05) is 35.1 Å². The first kappa shape index (κ1) is 25.7. The highest BCUT2D eigenvalue weighted by molar-refractivity contribution is 6.04. The number of ether oxygens (including phenoxy) is 1. The SMILES string of the molecule is COc1ccc(CNC(=O)[C@@H](NC(=O)[C@@H]2Cc3c([nH]c4ccccc34)[C@@H]3c4ccccc4C(=O)N32)C(C)C)cc1. The van der Waals surface area contributed by atoms with Crippen LogP contribution in [0.1, 0.15) is 52.6 Å². The number of rotatable bonds is 7. The van der Waals surface area contributed by atoms with E-state index in [4.69, 9.17) is 4.74 Å². The Hall–Kier alpha value is -4.59. The highest BCUT2D eigenvalue weighted by atomic mass is 16.5. The standard InChI is InChI=1S/C32H32N4O4/c1-18(2)27(31(38)33-17-19-12-14-20(40-3)15-13-19)35-30(37)26-16-24-21-8-6-7-11-25(21)34-28(24)29-22-9-4-5-10-23(22)32(39)36(26)29/h4-15,18,26-27,29,34H,16-17H2,1-3H3,(H,33,38)(H,35,37)/t26-,27-,29-/m0/s1. The second-order valence-electron chi connectivity index (χ2n) is 10.8. The third-order valence-electron chi connectivity index (χ3n) is 8.03. The number of carbonyl (C=O) groups is 3. The molecule has 0 unspecified atom stereocenters. The van der Waals surface area contributed by atoms with Crippen molar-refractivity contribution in [2.75, 3.05) is 7.11 Å². The molecular formula is C32H32N4O4. The van der Waals surface area contributed by atoms with E-state index in [1.165, 1.54) is 0 Å². The van der Waals surface area contributed by atoms with E-state index in [0.717, 1.165) is 39.0 Å². The molecule has 204 valence electrons. The summed E-state index contributed by atoms with van der Waals surface area (Å²) in [6.07, 6.45) is 0.361. The Labute approximate surface area is 232 Å². The topological polar surface area (TPSA) is 104 Å². The van der Waals surface area contributed by atoms with Crippen molar-refractivity contribution >= 4 is 28.6 Å². The Bertz CT molecular complexity index is 1610. The molecule has 3 amide bonds. The van der Waals surface area contributed by atoms with Gasteiger partial charge in [-0.3, -0.25) is 14.4 Å². The Morgan fingerprint density at radius 1 is 1.02 bits per heavy atom. The molecule has 8 heteroatoms. The van der Waals surface area contributed by atoms with E-state index >= 15 is 0 Å². The average Bonchev–Trinajstić information content (AvgIpc) is 3.49. The number of benzene rings is 3. The quantitative estimate of drug-likeness (QED) is 0.331. The number of nitrogens with zero attached hydrogens (tertiary/aromatic N) is 1. The molecule has 2 aliphatic rings. The fraction of sp³-hybridized carbons (Fsp3) is 0.281. The van der Waals surface area contributed by atoms with E-state index in [1.54, 1.807) is 12.0 Å².